The van der Waals surface area contributed by atoms with Crippen LogP contribution in [-0.4, -0.2) is 22.4 Å². The average Bonchev–Trinajstić information content (AvgIpc) is 2.87. The highest BCUT2D eigenvalue weighted by atomic mass is 32.2. The number of hydrogen-bond acceptors (Lipinski definition) is 4. The van der Waals surface area contributed by atoms with Gasteiger partial charge in [0.1, 0.15) is 5.54 Å². The van der Waals surface area contributed by atoms with Crippen molar-refractivity contribution in [1.29, 1.82) is 5.26 Å². The molecule has 0 amide bonds. The van der Waals surface area contributed by atoms with Crippen LogP contribution in [0.15, 0.2) is 47.9 Å². The van der Waals surface area contributed by atoms with E-state index in [4.69, 9.17) is 0 Å². The van der Waals surface area contributed by atoms with Gasteiger partial charge in [0.2, 0.25) is 0 Å². The topological polar surface area (TPSA) is 53.6 Å². The first-order valence-corrected chi connectivity index (χ1v) is 6.96. The molecule has 2 aromatic rings. The van der Waals surface area contributed by atoms with Gasteiger partial charge in [0.25, 0.3) is 0 Å². The molecule has 0 aliphatic carbocycles. The van der Waals surface area contributed by atoms with Crippen LogP contribution in [0.25, 0.3) is 0 Å². The zero-order valence-electron chi connectivity index (χ0n) is 11.0. The Hall–Kier alpha value is -1.77. The predicted octanol–water partition coefficient (Wildman–Crippen LogP) is 2.15. The summed E-state index contributed by atoms with van der Waals surface area (Å²) in [4.78, 5) is 4.27. The van der Waals surface area contributed by atoms with Crippen LogP contribution < -0.4 is 5.32 Å². The van der Waals surface area contributed by atoms with E-state index in [9.17, 15) is 5.26 Å². The van der Waals surface area contributed by atoms with Gasteiger partial charge in [0.05, 0.1) is 6.07 Å². The summed E-state index contributed by atoms with van der Waals surface area (Å²) < 4.78 is 1.95. The molecule has 1 unspecified atom stereocenters. The minimum Gasteiger partial charge on any atom is -0.329 e. The summed E-state index contributed by atoms with van der Waals surface area (Å²) in [6, 6.07) is 12.2. The van der Waals surface area contributed by atoms with E-state index in [0.29, 0.717) is 5.75 Å². The van der Waals surface area contributed by atoms with E-state index >= 15 is 0 Å². The molecule has 0 saturated heterocycles. The Morgan fingerprint density at radius 3 is 2.68 bits per heavy atom. The Kier molecular flexibility index (Phi) is 4.25. The van der Waals surface area contributed by atoms with Crippen molar-refractivity contribution in [2.24, 2.45) is 7.05 Å². The molecule has 0 radical (unpaired) electrons. The van der Waals surface area contributed by atoms with Crippen LogP contribution in [0, 0.1) is 11.3 Å². The number of thioether (sulfide) groups is 1. The molecule has 1 atom stereocenters. The summed E-state index contributed by atoms with van der Waals surface area (Å²) in [6.45, 7) is 0. The zero-order chi connectivity index (χ0) is 13.7. The zero-order valence-corrected chi connectivity index (χ0v) is 11.8. The van der Waals surface area contributed by atoms with E-state index in [0.717, 1.165) is 10.7 Å². The van der Waals surface area contributed by atoms with Crippen LogP contribution in [0.1, 0.15) is 5.56 Å². The number of nitrogens with zero attached hydrogens (tertiary/aromatic N) is 3. The van der Waals surface area contributed by atoms with Crippen LogP contribution in [-0.2, 0) is 12.6 Å². The number of aromatic nitrogens is 2. The van der Waals surface area contributed by atoms with Gasteiger partial charge in [-0.25, -0.2) is 4.98 Å². The fourth-order valence-electron chi connectivity index (χ4n) is 1.84. The predicted molar refractivity (Wildman–Crippen MR) is 76.7 cm³/mol. The first kappa shape index (κ1) is 13.7. The number of aryl methyl sites for hydroxylation is 1. The van der Waals surface area contributed by atoms with E-state index in [1.165, 1.54) is 0 Å². The average molecular weight is 272 g/mol. The smallest absolute Gasteiger partial charge is 0.167 e. The lowest BCUT2D eigenvalue weighted by molar-refractivity contribution is 0.527. The molecular weight excluding hydrogens is 256 g/mol. The maximum absolute atomic E-state index is 9.57. The SMILES string of the molecule is CNC(C#N)(CSc1nccn1C)c1ccccc1. The van der Waals surface area contributed by atoms with Crippen molar-refractivity contribution in [3.05, 3.63) is 48.3 Å². The van der Waals surface area contributed by atoms with E-state index < -0.39 is 5.54 Å². The molecule has 0 saturated carbocycles. The van der Waals surface area contributed by atoms with Crippen molar-refractivity contribution in [2.75, 3.05) is 12.8 Å². The molecule has 19 heavy (non-hydrogen) atoms. The van der Waals surface area contributed by atoms with E-state index in [1.807, 2.05) is 55.2 Å². The second-order valence-corrected chi connectivity index (χ2v) is 5.19. The van der Waals surface area contributed by atoms with Crippen molar-refractivity contribution in [3.8, 4) is 6.07 Å². The molecule has 98 valence electrons. The molecular formula is C14H16N4S. The van der Waals surface area contributed by atoms with Crippen molar-refractivity contribution in [1.82, 2.24) is 14.9 Å². The van der Waals surface area contributed by atoms with Crippen molar-refractivity contribution >= 4 is 11.8 Å². The van der Waals surface area contributed by atoms with Crippen LogP contribution in [0.4, 0.5) is 0 Å². The fraction of sp³-hybridized carbons (Fsp3) is 0.286. The largest absolute Gasteiger partial charge is 0.329 e. The second-order valence-electron chi connectivity index (χ2n) is 4.24. The standard InChI is InChI=1S/C14H16N4S/c1-16-14(10-15,12-6-4-3-5-7-12)11-19-13-17-8-9-18(13)2/h3-9,16H,11H2,1-2H3. The van der Waals surface area contributed by atoms with Gasteiger partial charge in [-0.15, -0.1) is 0 Å². The highest BCUT2D eigenvalue weighted by Gasteiger charge is 2.30. The van der Waals surface area contributed by atoms with Gasteiger partial charge in [-0.05, 0) is 12.6 Å². The summed E-state index contributed by atoms with van der Waals surface area (Å²) in [5, 5.41) is 13.6. The molecule has 4 nitrogen and oxygen atoms in total. The highest BCUT2D eigenvalue weighted by Crippen LogP contribution is 2.28. The van der Waals surface area contributed by atoms with E-state index in [-0.39, 0.29) is 0 Å². The Morgan fingerprint density at radius 1 is 1.42 bits per heavy atom. The molecule has 1 aromatic carbocycles. The lowest BCUT2D eigenvalue weighted by Gasteiger charge is -2.26. The number of nitrogens with one attached hydrogen (secondary N) is 1. The van der Waals surface area contributed by atoms with Crippen LogP contribution >= 0.6 is 11.8 Å². The van der Waals surface area contributed by atoms with Gasteiger partial charge in [0, 0.05) is 25.2 Å². The Labute approximate surface area is 117 Å². The van der Waals surface area contributed by atoms with E-state index in [2.05, 4.69) is 16.4 Å². The Balaban J connectivity index is 2.22. The Morgan fingerprint density at radius 2 is 2.16 bits per heavy atom. The molecule has 1 aromatic heterocycles. The van der Waals surface area contributed by atoms with Gasteiger partial charge in [-0.1, -0.05) is 42.1 Å². The first-order valence-electron chi connectivity index (χ1n) is 5.97. The monoisotopic (exact) mass is 272 g/mol. The lowest BCUT2D eigenvalue weighted by atomic mass is 9.94. The van der Waals surface area contributed by atoms with E-state index in [1.54, 1.807) is 18.0 Å². The molecule has 2 rings (SSSR count). The summed E-state index contributed by atoms with van der Waals surface area (Å²) >= 11 is 1.57. The highest BCUT2D eigenvalue weighted by molar-refractivity contribution is 7.99. The minimum atomic E-state index is -0.697. The number of nitriles is 1. The second kappa shape index (κ2) is 5.91. The maximum atomic E-state index is 9.57. The number of benzene rings is 1. The molecule has 0 fully saturated rings. The van der Waals surface area contributed by atoms with Gasteiger partial charge < -0.3 is 4.57 Å². The van der Waals surface area contributed by atoms with Gasteiger partial charge in [-0.2, -0.15) is 5.26 Å². The minimum absolute atomic E-state index is 0.606. The number of rotatable bonds is 5. The summed E-state index contributed by atoms with van der Waals surface area (Å²) in [7, 11) is 3.76. The molecule has 0 bridgehead atoms. The van der Waals surface area contributed by atoms with Crippen LogP contribution in [0.2, 0.25) is 0 Å². The van der Waals surface area contributed by atoms with Crippen LogP contribution in [0.5, 0.6) is 0 Å². The molecule has 0 aliphatic heterocycles. The van der Waals surface area contributed by atoms with Crippen molar-refractivity contribution in [3.63, 3.8) is 0 Å². The molecule has 1 N–H and O–H groups in total. The Bertz CT molecular complexity index is 573. The summed E-state index contributed by atoms with van der Waals surface area (Å²) in [5.41, 5.74) is 0.277. The normalized spacial score (nSPS) is 13.7. The van der Waals surface area contributed by atoms with Gasteiger partial charge in [0.15, 0.2) is 5.16 Å². The fourth-order valence-corrected chi connectivity index (χ4v) is 2.96. The first-order chi connectivity index (χ1) is 9.22. The maximum Gasteiger partial charge on any atom is 0.167 e. The summed E-state index contributed by atoms with van der Waals surface area (Å²) in [6.07, 6.45) is 3.66. The number of imidazole rings is 1. The molecule has 0 spiro atoms. The summed E-state index contributed by atoms with van der Waals surface area (Å²) in [5.74, 6) is 0.606. The van der Waals surface area contributed by atoms with Crippen LogP contribution in [0.3, 0.4) is 0 Å². The third-order valence-corrected chi connectivity index (χ3v) is 4.31. The van der Waals surface area contributed by atoms with Gasteiger partial charge in [-0.3, -0.25) is 5.32 Å². The quantitative estimate of drug-likeness (QED) is 0.847. The number of hydrogen-bond donors (Lipinski definition) is 1. The van der Waals surface area contributed by atoms with Crippen molar-refractivity contribution in [2.45, 2.75) is 10.7 Å². The molecule has 0 aliphatic rings. The third kappa shape index (κ3) is 2.80. The third-order valence-electron chi connectivity index (χ3n) is 3.08. The molecule has 5 heteroatoms. The van der Waals surface area contributed by atoms with Gasteiger partial charge >= 0.3 is 0 Å². The lowest BCUT2D eigenvalue weighted by Crippen LogP contribution is -2.41. The molecule has 1 heterocycles. The van der Waals surface area contributed by atoms with Crippen molar-refractivity contribution < 1.29 is 0 Å².